The smallest absolute Gasteiger partial charge is 0.340 e. The van der Waals surface area contributed by atoms with Gasteiger partial charge < -0.3 is 10.4 Å². The fourth-order valence-electron chi connectivity index (χ4n) is 1.39. The molecule has 2 aromatic heterocycles. The summed E-state index contributed by atoms with van der Waals surface area (Å²) >= 11 is 6.54. The highest BCUT2D eigenvalue weighted by atomic mass is 35.5. The van der Waals surface area contributed by atoms with Crippen LogP contribution in [-0.2, 0) is 0 Å². The largest absolute Gasteiger partial charge is 0.478 e. The van der Waals surface area contributed by atoms with Crippen LogP contribution in [0.2, 0.25) is 5.15 Å². The first kappa shape index (κ1) is 13.4. The SMILES string of the molecule is Cc1nsc(NC(=O)c2ccc(Cl)nc2)c1C(=O)O. The number of aromatic carboxylic acids is 1. The van der Waals surface area contributed by atoms with Crippen molar-refractivity contribution in [2.75, 3.05) is 5.32 Å². The Labute approximate surface area is 117 Å². The molecule has 2 aromatic rings. The van der Waals surface area contributed by atoms with E-state index in [1.807, 2.05) is 0 Å². The summed E-state index contributed by atoms with van der Waals surface area (Å²) in [5.74, 6) is -1.59. The second kappa shape index (κ2) is 5.33. The molecule has 8 heteroatoms. The highest BCUT2D eigenvalue weighted by Crippen LogP contribution is 2.24. The molecule has 0 aliphatic heterocycles. The van der Waals surface area contributed by atoms with Gasteiger partial charge in [0.05, 0.1) is 11.3 Å². The molecule has 98 valence electrons. The van der Waals surface area contributed by atoms with Gasteiger partial charge in [-0.05, 0) is 30.6 Å². The molecule has 0 unspecified atom stereocenters. The number of halogens is 1. The van der Waals surface area contributed by atoms with Gasteiger partial charge in [-0.1, -0.05) is 11.6 Å². The summed E-state index contributed by atoms with van der Waals surface area (Å²) in [6.07, 6.45) is 1.31. The number of aryl methyl sites for hydroxylation is 1. The lowest BCUT2D eigenvalue weighted by atomic mass is 10.2. The third-order valence-corrected chi connectivity index (χ3v) is 3.37. The molecular weight excluding hydrogens is 290 g/mol. The highest BCUT2D eigenvalue weighted by molar-refractivity contribution is 7.11. The topological polar surface area (TPSA) is 92.2 Å². The number of pyridine rings is 1. The van der Waals surface area contributed by atoms with Crippen molar-refractivity contribution in [2.45, 2.75) is 6.92 Å². The van der Waals surface area contributed by atoms with Gasteiger partial charge in [0, 0.05) is 6.20 Å². The summed E-state index contributed by atoms with van der Waals surface area (Å²) in [5.41, 5.74) is 0.647. The van der Waals surface area contributed by atoms with E-state index in [1.165, 1.54) is 18.3 Å². The number of nitrogens with zero attached hydrogens (tertiary/aromatic N) is 2. The molecule has 2 heterocycles. The predicted molar refractivity (Wildman–Crippen MR) is 71.0 cm³/mol. The van der Waals surface area contributed by atoms with Gasteiger partial charge in [-0.2, -0.15) is 4.37 Å². The van der Waals surface area contributed by atoms with E-state index in [9.17, 15) is 9.59 Å². The number of nitrogens with one attached hydrogen (secondary N) is 1. The maximum absolute atomic E-state index is 11.9. The van der Waals surface area contributed by atoms with Crippen molar-refractivity contribution in [3.63, 3.8) is 0 Å². The number of hydrogen-bond donors (Lipinski definition) is 2. The molecule has 0 fully saturated rings. The number of hydrogen-bond acceptors (Lipinski definition) is 5. The van der Waals surface area contributed by atoms with E-state index in [4.69, 9.17) is 16.7 Å². The zero-order valence-electron chi connectivity index (χ0n) is 9.68. The molecule has 2 rings (SSSR count). The minimum atomic E-state index is -1.13. The second-order valence-corrected chi connectivity index (χ2v) is 4.76. The Morgan fingerprint density at radius 1 is 1.42 bits per heavy atom. The van der Waals surface area contributed by atoms with Crippen molar-refractivity contribution in [1.29, 1.82) is 0 Å². The third-order valence-electron chi connectivity index (χ3n) is 2.29. The zero-order valence-corrected chi connectivity index (χ0v) is 11.2. The number of rotatable bonds is 3. The summed E-state index contributed by atoms with van der Waals surface area (Å²) in [6, 6.07) is 2.98. The Morgan fingerprint density at radius 3 is 2.74 bits per heavy atom. The number of carbonyl (C=O) groups is 2. The average Bonchev–Trinajstić information content (AvgIpc) is 2.71. The van der Waals surface area contributed by atoms with E-state index in [1.54, 1.807) is 6.92 Å². The monoisotopic (exact) mass is 297 g/mol. The number of carboxylic acid groups (broad SMARTS) is 1. The van der Waals surface area contributed by atoms with Crippen LogP contribution in [0.25, 0.3) is 0 Å². The first-order valence-corrected chi connectivity index (χ1v) is 6.26. The van der Waals surface area contributed by atoms with Crippen LogP contribution in [0.15, 0.2) is 18.3 Å². The van der Waals surface area contributed by atoms with Gasteiger partial charge >= 0.3 is 5.97 Å². The summed E-state index contributed by atoms with van der Waals surface area (Å²) in [6.45, 7) is 1.57. The van der Waals surface area contributed by atoms with E-state index in [2.05, 4.69) is 14.7 Å². The number of carbonyl (C=O) groups excluding carboxylic acids is 1. The molecule has 0 aliphatic rings. The quantitative estimate of drug-likeness (QED) is 0.849. The Bertz CT molecular complexity index is 639. The average molecular weight is 298 g/mol. The summed E-state index contributed by atoms with van der Waals surface area (Å²) in [7, 11) is 0. The molecule has 0 saturated carbocycles. The predicted octanol–water partition coefficient (Wildman–Crippen LogP) is 2.45. The highest BCUT2D eigenvalue weighted by Gasteiger charge is 2.19. The minimum Gasteiger partial charge on any atom is -0.478 e. The Kier molecular flexibility index (Phi) is 3.77. The van der Waals surface area contributed by atoms with Crippen LogP contribution < -0.4 is 5.32 Å². The van der Waals surface area contributed by atoms with Crippen LogP contribution in [0.5, 0.6) is 0 Å². The summed E-state index contributed by atoms with van der Waals surface area (Å²) in [4.78, 5) is 26.7. The maximum atomic E-state index is 11.9. The van der Waals surface area contributed by atoms with Crippen LogP contribution in [0.3, 0.4) is 0 Å². The normalized spacial score (nSPS) is 10.2. The van der Waals surface area contributed by atoms with Crippen molar-refractivity contribution in [2.24, 2.45) is 0 Å². The minimum absolute atomic E-state index is 0.000253. The summed E-state index contributed by atoms with van der Waals surface area (Å²) in [5, 5.41) is 12.0. The van der Waals surface area contributed by atoms with Gasteiger partial charge in [-0.15, -0.1) is 0 Å². The van der Waals surface area contributed by atoms with Crippen molar-refractivity contribution in [3.05, 3.63) is 40.3 Å². The van der Waals surface area contributed by atoms with Gasteiger partial charge in [0.1, 0.15) is 15.7 Å². The zero-order chi connectivity index (χ0) is 14.0. The molecule has 0 radical (unpaired) electrons. The van der Waals surface area contributed by atoms with Crippen LogP contribution in [-0.4, -0.2) is 26.3 Å². The van der Waals surface area contributed by atoms with Crippen molar-refractivity contribution >= 4 is 40.0 Å². The van der Waals surface area contributed by atoms with Gasteiger partial charge in [0.25, 0.3) is 5.91 Å². The first-order valence-electron chi connectivity index (χ1n) is 5.11. The summed E-state index contributed by atoms with van der Waals surface area (Å²) < 4.78 is 3.91. The van der Waals surface area contributed by atoms with Crippen LogP contribution in [0.4, 0.5) is 5.00 Å². The fraction of sp³-hybridized carbons (Fsp3) is 0.0909. The van der Waals surface area contributed by atoms with E-state index in [-0.39, 0.29) is 21.3 Å². The lowest BCUT2D eigenvalue weighted by molar-refractivity contribution is 0.0697. The molecule has 2 N–H and O–H groups in total. The molecular formula is C11H8ClN3O3S. The van der Waals surface area contributed by atoms with Gasteiger partial charge in [-0.25, -0.2) is 9.78 Å². The van der Waals surface area contributed by atoms with Crippen LogP contribution >= 0.6 is 23.1 Å². The fourth-order valence-corrected chi connectivity index (χ4v) is 2.29. The number of amides is 1. The van der Waals surface area contributed by atoms with Crippen LogP contribution in [0.1, 0.15) is 26.4 Å². The standard InChI is InChI=1S/C11H8ClN3O3S/c1-5-8(11(17)18)10(19-15-5)14-9(16)6-2-3-7(12)13-4-6/h2-4H,1H3,(H,14,16)(H,17,18). The molecule has 6 nitrogen and oxygen atoms in total. The lowest BCUT2D eigenvalue weighted by Crippen LogP contribution is -2.13. The van der Waals surface area contributed by atoms with Crippen molar-refractivity contribution in [1.82, 2.24) is 9.36 Å². The number of anilines is 1. The van der Waals surface area contributed by atoms with Gasteiger partial charge in [0.2, 0.25) is 0 Å². The molecule has 0 bridgehead atoms. The molecule has 0 saturated heterocycles. The molecule has 1 amide bonds. The first-order chi connectivity index (χ1) is 8.99. The van der Waals surface area contributed by atoms with E-state index >= 15 is 0 Å². The Hall–Kier alpha value is -1.99. The van der Waals surface area contributed by atoms with Gasteiger partial charge in [0.15, 0.2) is 0 Å². The Balaban J connectivity index is 2.24. The van der Waals surface area contributed by atoms with Crippen molar-refractivity contribution in [3.8, 4) is 0 Å². The van der Waals surface area contributed by atoms with E-state index in [0.717, 1.165) is 11.5 Å². The second-order valence-electron chi connectivity index (χ2n) is 3.60. The molecule has 0 spiro atoms. The third kappa shape index (κ3) is 2.88. The maximum Gasteiger partial charge on any atom is 0.340 e. The number of carboxylic acids is 1. The molecule has 0 aliphatic carbocycles. The lowest BCUT2D eigenvalue weighted by Gasteiger charge is -2.03. The van der Waals surface area contributed by atoms with Crippen molar-refractivity contribution < 1.29 is 14.7 Å². The molecule has 0 aromatic carbocycles. The Morgan fingerprint density at radius 2 is 2.16 bits per heavy atom. The van der Waals surface area contributed by atoms with Crippen LogP contribution in [0, 0.1) is 6.92 Å². The van der Waals surface area contributed by atoms with E-state index in [0.29, 0.717) is 5.69 Å². The molecule has 0 atom stereocenters. The number of aromatic nitrogens is 2. The van der Waals surface area contributed by atoms with E-state index < -0.39 is 11.9 Å². The molecule has 19 heavy (non-hydrogen) atoms. The van der Waals surface area contributed by atoms with Gasteiger partial charge in [-0.3, -0.25) is 4.79 Å².